The molecule has 0 radical (unpaired) electrons. The minimum Gasteiger partial charge on any atom is -0.308 e. The molecule has 18 heavy (non-hydrogen) atoms. The van der Waals surface area contributed by atoms with Gasteiger partial charge in [0.15, 0.2) is 0 Å². The summed E-state index contributed by atoms with van der Waals surface area (Å²) in [5, 5.41) is 14.6. The average Bonchev–Trinajstić information content (AvgIpc) is 3.14. The van der Waals surface area contributed by atoms with Crippen LogP contribution in [0.4, 0.5) is 0 Å². The van der Waals surface area contributed by atoms with E-state index in [1.165, 1.54) is 67.8 Å². The summed E-state index contributed by atoms with van der Waals surface area (Å²) in [4.78, 5) is 0. The maximum atomic E-state index is 4.37. The molecule has 0 amide bonds. The molecule has 1 aromatic rings. The largest absolute Gasteiger partial charge is 0.308 e. The number of aromatic nitrogens is 2. The zero-order valence-corrected chi connectivity index (χ0v) is 11.8. The van der Waals surface area contributed by atoms with E-state index in [2.05, 4.69) is 15.5 Å². The molecule has 2 aliphatic rings. The minimum atomic E-state index is 0.763. The van der Waals surface area contributed by atoms with Gasteiger partial charge in [-0.25, -0.2) is 0 Å². The summed E-state index contributed by atoms with van der Waals surface area (Å²) in [6, 6.07) is 0.763. The van der Waals surface area contributed by atoms with Crippen LogP contribution in [-0.4, -0.2) is 16.2 Å². The predicted octanol–water partition coefficient (Wildman–Crippen LogP) is 3.30. The van der Waals surface area contributed by atoms with Crippen molar-refractivity contribution in [3.63, 3.8) is 0 Å². The van der Waals surface area contributed by atoms with Crippen molar-refractivity contribution in [2.45, 2.75) is 70.4 Å². The van der Waals surface area contributed by atoms with E-state index in [4.69, 9.17) is 0 Å². The minimum absolute atomic E-state index is 0.763. The SMILES string of the molecule is C1CCCC(Cc2nnc(CNC3CC3)s2)CC1. The highest BCUT2D eigenvalue weighted by Gasteiger charge is 2.21. The molecule has 0 atom stereocenters. The van der Waals surface area contributed by atoms with E-state index in [0.29, 0.717) is 0 Å². The first-order chi connectivity index (χ1) is 8.90. The molecule has 0 aliphatic heterocycles. The summed E-state index contributed by atoms with van der Waals surface area (Å²) in [6.07, 6.45) is 12.3. The van der Waals surface area contributed by atoms with E-state index in [1.54, 1.807) is 0 Å². The van der Waals surface area contributed by atoms with Crippen LogP contribution in [0.1, 0.15) is 61.4 Å². The Balaban J connectivity index is 1.48. The fraction of sp³-hybridized carbons (Fsp3) is 0.857. The normalized spacial score (nSPS) is 22.0. The van der Waals surface area contributed by atoms with Gasteiger partial charge in [0.05, 0.1) is 0 Å². The Morgan fingerprint density at radius 1 is 0.944 bits per heavy atom. The Hall–Kier alpha value is -0.480. The van der Waals surface area contributed by atoms with Crippen molar-refractivity contribution in [1.82, 2.24) is 15.5 Å². The molecule has 100 valence electrons. The molecule has 0 spiro atoms. The first-order valence-corrected chi connectivity index (χ1v) is 8.26. The van der Waals surface area contributed by atoms with Crippen LogP contribution in [0.2, 0.25) is 0 Å². The molecule has 1 aromatic heterocycles. The van der Waals surface area contributed by atoms with Gasteiger partial charge in [-0.3, -0.25) is 0 Å². The highest BCUT2D eigenvalue weighted by molar-refractivity contribution is 7.11. The lowest BCUT2D eigenvalue weighted by atomic mass is 9.97. The molecule has 2 fully saturated rings. The molecule has 2 saturated carbocycles. The highest BCUT2D eigenvalue weighted by Crippen LogP contribution is 2.27. The van der Waals surface area contributed by atoms with Crippen LogP contribution >= 0.6 is 11.3 Å². The second-order valence-corrected chi connectivity index (χ2v) is 6.95. The lowest BCUT2D eigenvalue weighted by molar-refractivity contribution is 0.456. The molecule has 0 bridgehead atoms. The van der Waals surface area contributed by atoms with Crippen LogP contribution in [0.25, 0.3) is 0 Å². The van der Waals surface area contributed by atoms with Crippen molar-refractivity contribution < 1.29 is 0 Å². The van der Waals surface area contributed by atoms with E-state index >= 15 is 0 Å². The summed E-state index contributed by atoms with van der Waals surface area (Å²) in [6.45, 7) is 0.924. The lowest BCUT2D eigenvalue weighted by Crippen LogP contribution is -2.14. The molecule has 4 heteroatoms. The molecule has 3 rings (SSSR count). The van der Waals surface area contributed by atoms with Crippen LogP contribution in [0.5, 0.6) is 0 Å². The zero-order chi connectivity index (χ0) is 12.2. The van der Waals surface area contributed by atoms with Crippen molar-refractivity contribution in [2.75, 3.05) is 0 Å². The third kappa shape index (κ3) is 3.75. The van der Waals surface area contributed by atoms with Gasteiger partial charge in [-0.05, 0) is 18.8 Å². The van der Waals surface area contributed by atoms with Crippen LogP contribution in [0.15, 0.2) is 0 Å². The van der Waals surface area contributed by atoms with Gasteiger partial charge in [0.1, 0.15) is 10.0 Å². The maximum Gasteiger partial charge on any atom is 0.131 e. The Bertz CT molecular complexity index is 365. The average molecular weight is 265 g/mol. The Morgan fingerprint density at radius 2 is 1.67 bits per heavy atom. The van der Waals surface area contributed by atoms with Gasteiger partial charge in [0, 0.05) is 19.0 Å². The molecule has 0 unspecified atom stereocenters. The van der Waals surface area contributed by atoms with Gasteiger partial charge < -0.3 is 5.32 Å². The summed E-state index contributed by atoms with van der Waals surface area (Å²) in [5.41, 5.74) is 0. The van der Waals surface area contributed by atoms with Crippen molar-refractivity contribution in [3.05, 3.63) is 10.0 Å². The lowest BCUT2D eigenvalue weighted by Gasteiger charge is -2.10. The first-order valence-electron chi connectivity index (χ1n) is 7.45. The Morgan fingerprint density at radius 3 is 2.39 bits per heavy atom. The van der Waals surface area contributed by atoms with E-state index in [-0.39, 0.29) is 0 Å². The summed E-state index contributed by atoms with van der Waals surface area (Å²) in [7, 11) is 0. The first kappa shape index (κ1) is 12.5. The highest BCUT2D eigenvalue weighted by atomic mass is 32.1. The van der Waals surface area contributed by atoms with Gasteiger partial charge in [0.2, 0.25) is 0 Å². The van der Waals surface area contributed by atoms with Gasteiger partial charge in [0.25, 0.3) is 0 Å². The van der Waals surface area contributed by atoms with Crippen LogP contribution in [0, 0.1) is 5.92 Å². The Kier molecular flexibility index (Phi) is 4.26. The summed E-state index contributed by atoms with van der Waals surface area (Å²) >= 11 is 1.82. The van der Waals surface area contributed by atoms with Gasteiger partial charge in [-0.1, -0.05) is 38.5 Å². The van der Waals surface area contributed by atoms with E-state index in [1.807, 2.05) is 11.3 Å². The van der Waals surface area contributed by atoms with Crippen molar-refractivity contribution in [1.29, 1.82) is 0 Å². The monoisotopic (exact) mass is 265 g/mol. The van der Waals surface area contributed by atoms with Crippen molar-refractivity contribution >= 4 is 11.3 Å². The van der Waals surface area contributed by atoms with Crippen LogP contribution in [-0.2, 0) is 13.0 Å². The van der Waals surface area contributed by atoms with Gasteiger partial charge in [-0.15, -0.1) is 21.5 Å². The molecule has 0 aromatic carbocycles. The Labute approximate surface area is 113 Å². The standard InChI is InChI=1S/C14H23N3S/c1-2-4-6-11(5-3-1)9-13-16-17-14(18-13)10-15-12-7-8-12/h11-12,15H,1-10H2. The second kappa shape index (κ2) is 6.11. The number of rotatable bonds is 5. The van der Waals surface area contributed by atoms with Crippen molar-refractivity contribution in [3.8, 4) is 0 Å². The topological polar surface area (TPSA) is 37.8 Å². The maximum absolute atomic E-state index is 4.37. The molecule has 2 aliphatic carbocycles. The molecular weight excluding hydrogens is 242 g/mol. The fourth-order valence-electron chi connectivity index (χ4n) is 2.78. The third-order valence-electron chi connectivity index (χ3n) is 4.07. The molecule has 3 nitrogen and oxygen atoms in total. The van der Waals surface area contributed by atoms with Crippen molar-refractivity contribution in [2.24, 2.45) is 5.92 Å². The molecule has 1 N–H and O–H groups in total. The summed E-state index contributed by atoms with van der Waals surface area (Å²) in [5.74, 6) is 0.865. The number of nitrogens with one attached hydrogen (secondary N) is 1. The van der Waals surface area contributed by atoms with Crippen LogP contribution in [0.3, 0.4) is 0 Å². The third-order valence-corrected chi connectivity index (χ3v) is 5.01. The smallest absolute Gasteiger partial charge is 0.131 e. The van der Waals surface area contributed by atoms with Crippen LogP contribution < -0.4 is 5.32 Å². The quantitative estimate of drug-likeness (QED) is 0.830. The second-order valence-electron chi connectivity index (χ2n) is 5.81. The van der Waals surface area contributed by atoms with Gasteiger partial charge in [-0.2, -0.15) is 0 Å². The zero-order valence-electron chi connectivity index (χ0n) is 11.0. The number of hydrogen-bond acceptors (Lipinski definition) is 4. The molecule has 1 heterocycles. The predicted molar refractivity (Wildman–Crippen MR) is 74.7 cm³/mol. The van der Waals surface area contributed by atoms with E-state index in [9.17, 15) is 0 Å². The number of hydrogen-bond donors (Lipinski definition) is 1. The molecule has 0 saturated heterocycles. The fourth-order valence-corrected chi connectivity index (χ4v) is 3.69. The van der Waals surface area contributed by atoms with E-state index < -0.39 is 0 Å². The summed E-state index contributed by atoms with van der Waals surface area (Å²) < 4.78 is 0. The number of nitrogens with zero attached hydrogens (tertiary/aromatic N) is 2. The van der Waals surface area contributed by atoms with E-state index in [0.717, 1.165) is 18.5 Å². The van der Waals surface area contributed by atoms with Gasteiger partial charge >= 0.3 is 0 Å². The molecular formula is C14H23N3S.